The number of nitrogens with zero attached hydrogens (tertiary/aromatic N) is 2. The van der Waals surface area contributed by atoms with Crippen molar-refractivity contribution in [3.05, 3.63) is 12.0 Å². The van der Waals surface area contributed by atoms with Crippen LogP contribution >= 0.6 is 11.8 Å². The van der Waals surface area contributed by atoms with Gasteiger partial charge in [0.05, 0.1) is 11.4 Å². The molecule has 4 heteroatoms. The van der Waals surface area contributed by atoms with Gasteiger partial charge in [-0.25, -0.2) is 0 Å². The van der Waals surface area contributed by atoms with Crippen LogP contribution in [-0.4, -0.2) is 20.4 Å². The van der Waals surface area contributed by atoms with Crippen LogP contribution in [0, 0.1) is 0 Å². The number of rotatable bonds is 1. The smallest absolute Gasteiger partial charge is 0.229 e. The van der Waals surface area contributed by atoms with E-state index in [1.807, 2.05) is 23.4 Å². The Bertz CT molecular complexity index is 279. The molecule has 1 N–H and O–H groups in total. The lowest BCUT2D eigenvalue weighted by Crippen LogP contribution is -1.99. The summed E-state index contributed by atoms with van der Waals surface area (Å²) >= 11 is 1.93. The summed E-state index contributed by atoms with van der Waals surface area (Å²) in [5, 5.41) is 9.65. The molecule has 0 amide bonds. The van der Waals surface area contributed by atoms with Gasteiger partial charge in [-0.1, -0.05) is 0 Å². The van der Waals surface area contributed by atoms with Gasteiger partial charge in [0.25, 0.3) is 0 Å². The van der Waals surface area contributed by atoms with Crippen molar-refractivity contribution in [2.45, 2.75) is 18.1 Å². The van der Waals surface area contributed by atoms with E-state index < -0.39 is 0 Å². The molecule has 66 valence electrons. The molecule has 1 aliphatic rings. The SMILES string of the molecule is Cn1cc(O)nc1C1CCCS1. The average molecular weight is 184 g/mol. The van der Waals surface area contributed by atoms with Crippen LogP contribution in [-0.2, 0) is 7.05 Å². The van der Waals surface area contributed by atoms with Crippen LogP contribution in [0.2, 0.25) is 0 Å². The van der Waals surface area contributed by atoms with Crippen LogP contribution in [0.25, 0.3) is 0 Å². The third-order valence-electron chi connectivity index (χ3n) is 2.12. The molecule has 0 saturated carbocycles. The van der Waals surface area contributed by atoms with Gasteiger partial charge in [0.2, 0.25) is 5.88 Å². The van der Waals surface area contributed by atoms with Gasteiger partial charge in [-0.3, -0.25) is 0 Å². The summed E-state index contributed by atoms with van der Waals surface area (Å²) in [5.74, 6) is 2.37. The Morgan fingerprint density at radius 1 is 1.75 bits per heavy atom. The highest BCUT2D eigenvalue weighted by Crippen LogP contribution is 2.39. The van der Waals surface area contributed by atoms with Gasteiger partial charge in [-0.15, -0.1) is 0 Å². The van der Waals surface area contributed by atoms with Crippen molar-refractivity contribution in [2.75, 3.05) is 5.75 Å². The maximum absolute atomic E-state index is 9.15. The van der Waals surface area contributed by atoms with E-state index >= 15 is 0 Å². The van der Waals surface area contributed by atoms with Gasteiger partial charge in [0, 0.05) is 7.05 Å². The van der Waals surface area contributed by atoms with E-state index in [1.165, 1.54) is 18.6 Å². The first-order chi connectivity index (χ1) is 5.77. The first kappa shape index (κ1) is 7.98. The number of hydrogen-bond donors (Lipinski definition) is 1. The Labute approximate surface area is 75.8 Å². The largest absolute Gasteiger partial charge is 0.492 e. The summed E-state index contributed by atoms with van der Waals surface area (Å²) in [6, 6.07) is 0. The second kappa shape index (κ2) is 3.01. The third kappa shape index (κ3) is 1.31. The van der Waals surface area contributed by atoms with E-state index in [9.17, 15) is 0 Å². The quantitative estimate of drug-likeness (QED) is 0.721. The van der Waals surface area contributed by atoms with Crippen LogP contribution in [0.5, 0.6) is 5.88 Å². The topological polar surface area (TPSA) is 38.0 Å². The zero-order valence-corrected chi connectivity index (χ0v) is 7.84. The minimum atomic E-state index is 0.139. The second-order valence-electron chi connectivity index (χ2n) is 3.07. The molecule has 0 bridgehead atoms. The van der Waals surface area contributed by atoms with Crippen molar-refractivity contribution in [1.29, 1.82) is 0 Å². The molecule has 1 atom stereocenters. The van der Waals surface area contributed by atoms with Crippen molar-refractivity contribution >= 4 is 11.8 Å². The lowest BCUT2D eigenvalue weighted by atomic mass is 10.2. The highest BCUT2D eigenvalue weighted by atomic mass is 32.2. The Hall–Kier alpha value is -0.640. The minimum absolute atomic E-state index is 0.139. The molecule has 1 aromatic rings. The van der Waals surface area contributed by atoms with Gasteiger partial charge in [0.15, 0.2) is 0 Å². The monoisotopic (exact) mass is 184 g/mol. The molecular formula is C8H12N2OS. The number of aromatic nitrogens is 2. The molecule has 1 aromatic heterocycles. The fourth-order valence-electron chi connectivity index (χ4n) is 1.54. The molecule has 0 radical (unpaired) electrons. The molecule has 0 spiro atoms. The lowest BCUT2D eigenvalue weighted by molar-refractivity contribution is 0.455. The summed E-state index contributed by atoms with van der Waals surface area (Å²) < 4.78 is 1.92. The number of aryl methyl sites for hydroxylation is 1. The van der Waals surface area contributed by atoms with Crippen molar-refractivity contribution in [1.82, 2.24) is 9.55 Å². The molecule has 1 fully saturated rings. The number of thioether (sulfide) groups is 1. The standard InChI is InChI=1S/C8H12N2OS/c1-10-5-7(11)9-8(10)6-3-2-4-12-6/h5-6,11H,2-4H2,1H3. The lowest BCUT2D eigenvalue weighted by Gasteiger charge is -2.06. The van der Waals surface area contributed by atoms with Gasteiger partial charge in [-0.2, -0.15) is 16.7 Å². The molecular weight excluding hydrogens is 172 g/mol. The zero-order valence-electron chi connectivity index (χ0n) is 7.03. The zero-order chi connectivity index (χ0) is 8.55. The highest BCUT2D eigenvalue weighted by molar-refractivity contribution is 7.99. The molecule has 1 saturated heterocycles. The van der Waals surface area contributed by atoms with E-state index in [-0.39, 0.29) is 5.88 Å². The van der Waals surface area contributed by atoms with E-state index in [0.29, 0.717) is 5.25 Å². The molecule has 3 nitrogen and oxygen atoms in total. The predicted octanol–water partition coefficient (Wildman–Crippen LogP) is 1.69. The normalized spacial score (nSPS) is 23.2. The fraction of sp³-hybridized carbons (Fsp3) is 0.625. The van der Waals surface area contributed by atoms with Crippen molar-refractivity contribution in [3.8, 4) is 5.88 Å². The third-order valence-corrected chi connectivity index (χ3v) is 3.49. The van der Waals surface area contributed by atoms with Crippen LogP contribution in [0.1, 0.15) is 23.9 Å². The molecule has 2 rings (SSSR count). The maximum Gasteiger partial charge on any atom is 0.229 e. The Morgan fingerprint density at radius 3 is 3.08 bits per heavy atom. The van der Waals surface area contributed by atoms with Crippen molar-refractivity contribution < 1.29 is 5.11 Å². The van der Waals surface area contributed by atoms with Gasteiger partial charge < -0.3 is 9.67 Å². The summed E-state index contributed by atoms with van der Waals surface area (Å²) in [4.78, 5) is 4.09. The molecule has 1 unspecified atom stereocenters. The average Bonchev–Trinajstić information content (AvgIpc) is 2.58. The van der Waals surface area contributed by atoms with Crippen LogP contribution in [0.4, 0.5) is 0 Å². The molecule has 12 heavy (non-hydrogen) atoms. The molecule has 1 aliphatic heterocycles. The van der Waals surface area contributed by atoms with E-state index in [4.69, 9.17) is 5.11 Å². The van der Waals surface area contributed by atoms with Gasteiger partial charge in [0.1, 0.15) is 5.82 Å². The summed E-state index contributed by atoms with van der Waals surface area (Å²) in [6.07, 6.45) is 4.12. The number of hydrogen-bond acceptors (Lipinski definition) is 3. The summed E-state index contributed by atoms with van der Waals surface area (Å²) in [5.41, 5.74) is 0. The highest BCUT2D eigenvalue weighted by Gasteiger charge is 2.22. The predicted molar refractivity (Wildman–Crippen MR) is 49.3 cm³/mol. The first-order valence-electron chi connectivity index (χ1n) is 4.11. The Morgan fingerprint density at radius 2 is 2.58 bits per heavy atom. The Kier molecular flexibility index (Phi) is 2.00. The number of imidazole rings is 1. The molecule has 2 heterocycles. The van der Waals surface area contributed by atoms with Crippen LogP contribution in [0.15, 0.2) is 6.20 Å². The van der Waals surface area contributed by atoms with Gasteiger partial charge >= 0.3 is 0 Å². The van der Waals surface area contributed by atoms with E-state index in [0.717, 1.165) is 5.82 Å². The van der Waals surface area contributed by atoms with Crippen molar-refractivity contribution in [2.24, 2.45) is 7.05 Å². The summed E-state index contributed by atoms with van der Waals surface area (Å²) in [7, 11) is 1.93. The first-order valence-corrected chi connectivity index (χ1v) is 5.16. The Balaban J connectivity index is 2.25. The van der Waals surface area contributed by atoms with Crippen LogP contribution < -0.4 is 0 Å². The van der Waals surface area contributed by atoms with E-state index in [1.54, 1.807) is 6.20 Å². The summed E-state index contributed by atoms with van der Waals surface area (Å²) in [6.45, 7) is 0. The maximum atomic E-state index is 9.15. The van der Waals surface area contributed by atoms with E-state index in [2.05, 4.69) is 4.98 Å². The van der Waals surface area contributed by atoms with Gasteiger partial charge in [-0.05, 0) is 18.6 Å². The molecule has 0 aliphatic carbocycles. The van der Waals surface area contributed by atoms with Crippen LogP contribution in [0.3, 0.4) is 0 Å². The second-order valence-corrected chi connectivity index (χ2v) is 4.38. The fourth-order valence-corrected chi connectivity index (χ4v) is 2.86. The van der Waals surface area contributed by atoms with Crippen molar-refractivity contribution in [3.63, 3.8) is 0 Å². The molecule has 0 aromatic carbocycles. The minimum Gasteiger partial charge on any atom is -0.492 e. The number of aromatic hydroxyl groups is 1.